The lowest BCUT2D eigenvalue weighted by atomic mass is 10.2. The molecule has 122 valence electrons. The Morgan fingerprint density at radius 2 is 2.26 bits per heavy atom. The second-order valence-corrected chi connectivity index (χ2v) is 5.50. The van der Waals surface area contributed by atoms with E-state index in [1.54, 1.807) is 24.0 Å². The van der Waals surface area contributed by atoms with Gasteiger partial charge in [0.25, 0.3) is 5.91 Å². The number of rotatable bonds is 4. The lowest BCUT2D eigenvalue weighted by Crippen LogP contribution is -2.30. The van der Waals surface area contributed by atoms with Crippen LogP contribution in [0.3, 0.4) is 0 Å². The number of aryl methyl sites for hydroxylation is 1. The largest absolute Gasteiger partial charge is 0.454 e. The highest BCUT2D eigenvalue weighted by atomic mass is 16.5. The third kappa shape index (κ3) is 3.25. The van der Waals surface area contributed by atoms with Gasteiger partial charge < -0.3 is 19.2 Å². The van der Waals surface area contributed by atoms with E-state index in [1.165, 1.54) is 6.92 Å². The summed E-state index contributed by atoms with van der Waals surface area (Å²) in [7, 11) is 0. The Morgan fingerprint density at radius 3 is 2.96 bits per heavy atom. The SMILES string of the molecule is CC(=O)NCc1ccc(C(=O)N2CCC[C@@H]2c2noc(C)n2)o1. The molecule has 1 fully saturated rings. The number of nitrogens with zero attached hydrogens (tertiary/aromatic N) is 3. The molecule has 0 unspecified atom stereocenters. The number of carbonyl (C=O) groups excluding carboxylic acids is 2. The lowest BCUT2D eigenvalue weighted by Gasteiger charge is -2.20. The zero-order valence-corrected chi connectivity index (χ0v) is 13.0. The maximum absolute atomic E-state index is 12.6. The first kappa shape index (κ1) is 15.3. The van der Waals surface area contributed by atoms with Crippen LogP contribution in [-0.2, 0) is 11.3 Å². The van der Waals surface area contributed by atoms with E-state index in [0.29, 0.717) is 24.0 Å². The van der Waals surface area contributed by atoms with E-state index in [0.717, 1.165) is 12.8 Å². The van der Waals surface area contributed by atoms with Crippen molar-refractivity contribution in [3.05, 3.63) is 35.4 Å². The smallest absolute Gasteiger partial charge is 0.290 e. The maximum atomic E-state index is 12.6. The molecule has 8 heteroatoms. The van der Waals surface area contributed by atoms with E-state index in [4.69, 9.17) is 8.94 Å². The van der Waals surface area contributed by atoms with Crippen molar-refractivity contribution in [3.63, 3.8) is 0 Å². The number of amides is 2. The number of hydrogen-bond acceptors (Lipinski definition) is 6. The minimum atomic E-state index is -0.205. The molecule has 0 aromatic carbocycles. The first-order chi connectivity index (χ1) is 11.0. The van der Waals surface area contributed by atoms with E-state index in [2.05, 4.69) is 15.5 Å². The molecule has 0 spiro atoms. The van der Waals surface area contributed by atoms with E-state index in [-0.39, 0.29) is 30.2 Å². The van der Waals surface area contributed by atoms with Gasteiger partial charge in [0.2, 0.25) is 11.8 Å². The van der Waals surface area contributed by atoms with Crippen LogP contribution < -0.4 is 5.32 Å². The summed E-state index contributed by atoms with van der Waals surface area (Å²) in [4.78, 5) is 29.5. The van der Waals surface area contributed by atoms with Crippen molar-refractivity contribution in [1.82, 2.24) is 20.4 Å². The molecule has 0 saturated carbocycles. The molecule has 23 heavy (non-hydrogen) atoms. The first-order valence-corrected chi connectivity index (χ1v) is 7.49. The molecule has 2 aromatic rings. The molecule has 3 heterocycles. The van der Waals surface area contributed by atoms with Crippen molar-refractivity contribution < 1.29 is 18.5 Å². The van der Waals surface area contributed by atoms with E-state index in [9.17, 15) is 9.59 Å². The van der Waals surface area contributed by atoms with E-state index in [1.807, 2.05) is 0 Å². The summed E-state index contributed by atoms with van der Waals surface area (Å²) in [6, 6.07) is 3.12. The van der Waals surface area contributed by atoms with Gasteiger partial charge in [-0.25, -0.2) is 0 Å². The summed E-state index contributed by atoms with van der Waals surface area (Å²) >= 11 is 0. The third-order valence-corrected chi connectivity index (χ3v) is 3.74. The molecule has 1 atom stereocenters. The van der Waals surface area contributed by atoms with Crippen molar-refractivity contribution in [2.24, 2.45) is 0 Å². The second-order valence-electron chi connectivity index (χ2n) is 5.50. The molecular weight excluding hydrogens is 300 g/mol. The zero-order chi connectivity index (χ0) is 16.4. The van der Waals surface area contributed by atoms with Gasteiger partial charge in [0.15, 0.2) is 11.6 Å². The van der Waals surface area contributed by atoms with Gasteiger partial charge in [0, 0.05) is 20.4 Å². The predicted molar refractivity (Wildman–Crippen MR) is 78.3 cm³/mol. The fourth-order valence-corrected chi connectivity index (χ4v) is 2.67. The van der Waals surface area contributed by atoms with Crippen LogP contribution in [0.5, 0.6) is 0 Å². The van der Waals surface area contributed by atoms with Crippen molar-refractivity contribution in [3.8, 4) is 0 Å². The average Bonchev–Trinajstić information content (AvgIpc) is 3.24. The van der Waals surface area contributed by atoms with Gasteiger partial charge in [-0.3, -0.25) is 9.59 Å². The van der Waals surface area contributed by atoms with Gasteiger partial charge in [0.1, 0.15) is 5.76 Å². The van der Waals surface area contributed by atoms with Crippen LogP contribution in [0, 0.1) is 6.92 Å². The molecule has 2 amide bonds. The van der Waals surface area contributed by atoms with Crippen molar-refractivity contribution >= 4 is 11.8 Å². The molecule has 0 aliphatic carbocycles. The van der Waals surface area contributed by atoms with Gasteiger partial charge in [-0.1, -0.05) is 5.16 Å². The Morgan fingerprint density at radius 1 is 1.43 bits per heavy atom. The summed E-state index contributed by atoms with van der Waals surface area (Å²) in [5, 5.41) is 6.55. The number of hydrogen-bond donors (Lipinski definition) is 1. The second kappa shape index (κ2) is 6.23. The average molecular weight is 318 g/mol. The highest BCUT2D eigenvalue weighted by molar-refractivity contribution is 5.92. The molecule has 1 aliphatic rings. The Kier molecular flexibility index (Phi) is 4.14. The number of likely N-dealkylation sites (tertiary alicyclic amines) is 1. The fraction of sp³-hybridized carbons (Fsp3) is 0.467. The normalized spacial score (nSPS) is 17.5. The van der Waals surface area contributed by atoms with Gasteiger partial charge in [-0.15, -0.1) is 0 Å². The number of carbonyl (C=O) groups is 2. The summed E-state index contributed by atoms with van der Waals surface area (Å²) in [5.74, 6) is 1.44. The van der Waals surface area contributed by atoms with Crippen molar-refractivity contribution in [2.45, 2.75) is 39.3 Å². The van der Waals surface area contributed by atoms with Gasteiger partial charge in [-0.2, -0.15) is 4.98 Å². The lowest BCUT2D eigenvalue weighted by molar-refractivity contribution is -0.119. The Labute approximate surface area is 132 Å². The fourth-order valence-electron chi connectivity index (χ4n) is 2.67. The Bertz CT molecular complexity index is 721. The van der Waals surface area contributed by atoms with Crippen LogP contribution in [0.4, 0.5) is 0 Å². The third-order valence-electron chi connectivity index (χ3n) is 3.74. The first-order valence-electron chi connectivity index (χ1n) is 7.49. The molecule has 8 nitrogen and oxygen atoms in total. The zero-order valence-electron chi connectivity index (χ0n) is 13.0. The highest BCUT2D eigenvalue weighted by Gasteiger charge is 2.34. The monoisotopic (exact) mass is 318 g/mol. The summed E-state index contributed by atoms with van der Waals surface area (Å²) in [5.41, 5.74) is 0. The highest BCUT2D eigenvalue weighted by Crippen LogP contribution is 2.31. The minimum Gasteiger partial charge on any atom is -0.454 e. The summed E-state index contributed by atoms with van der Waals surface area (Å²) in [6.07, 6.45) is 1.67. The van der Waals surface area contributed by atoms with Crippen LogP contribution >= 0.6 is 0 Å². The molecule has 1 saturated heterocycles. The van der Waals surface area contributed by atoms with Crippen LogP contribution in [0.25, 0.3) is 0 Å². The maximum Gasteiger partial charge on any atom is 0.290 e. The molecule has 3 rings (SSSR count). The van der Waals surface area contributed by atoms with Gasteiger partial charge in [-0.05, 0) is 25.0 Å². The van der Waals surface area contributed by atoms with Crippen LogP contribution in [0.15, 0.2) is 21.1 Å². The number of aromatic nitrogens is 2. The topological polar surface area (TPSA) is 101 Å². The van der Waals surface area contributed by atoms with E-state index >= 15 is 0 Å². The van der Waals surface area contributed by atoms with E-state index < -0.39 is 0 Å². The molecule has 0 bridgehead atoms. The van der Waals surface area contributed by atoms with Crippen molar-refractivity contribution in [2.75, 3.05) is 6.54 Å². The molecular formula is C15H18N4O4. The van der Waals surface area contributed by atoms with Crippen LogP contribution in [0.2, 0.25) is 0 Å². The predicted octanol–water partition coefficient (Wildman–Crippen LogP) is 1.58. The molecule has 0 radical (unpaired) electrons. The Hall–Kier alpha value is -2.64. The van der Waals surface area contributed by atoms with Gasteiger partial charge in [0.05, 0.1) is 12.6 Å². The minimum absolute atomic E-state index is 0.152. The Balaban J connectivity index is 1.73. The van der Waals surface area contributed by atoms with Crippen LogP contribution in [-0.4, -0.2) is 33.4 Å². The summed E-state index contributed by atoms with van der Waals surface area (Å²) in [6.45, 7) is 4.03. The van der Waals surface area contributed by atoms with Crippen LogP contribution in [0.1, 0.15) is 53.8 Å². The molecule has 1 aliphatic heterocycles. The molecule has 1 N–H and O–H groups in total. The standard InChI is InChI=1S/C15H18N4O4/c1-9(20)16-8-11-5-6-13(22-11)15(21)19-7-3-4-12(19)14-17-10(2)23-18-14/h5-6,12H,3-4,7-8H2,1-2H3,(H,16,20)/t12-/m1/s1. The van der Waals surface area contributed by atoms with Gasteiger partial charge >= 0.3 is 0 Å². The molecule has 2 aromatic heterocycles. The van der Waals surface area contributed by atoms with Crippen molar-refractivity contribution in [1.29, 1.82) is 0 Å². The quantitative estimate of drug-likeness (QED) is 0.918. The number of furan rings is 1. The summed E-state index contributed by atoms with van der Waals surface area (Å²) < 4.78 is 10.5. The number of nitrogens with one attached hydrogen (secondary N) is 1.